The Hall–Kier alpha value is -1.26. The van der Waals surface area contributed by atoms with E-state index in [4.69, 9.17) is 0 Å². The third-order valence-electron chi connectivity index (χ3n) is 3.64. The van der Waals surface area contributed by atoms with E-state index in [1.165, 1.54) is 33.1 Å². The van der Waals surface area contributed by atoms with Crippen LogP contribution in [0.25, 0.3) is 0 Å². The molecule has 1 aromatic carbocycles. The average Bonchev–Trinajstić information content (AvgIpc) is 2.87. The molecule has 19 heavy (non-hydrogen) atoms. The van der Waals surface area contributed by atoms with E-state index in [1.54, 1.807) is 0 Å². The fourth-order valence-corrected chi connectivity index (χ4v) is 3.27. The van der Waals surface area contributed by atoms with Gasteiger partial charge in [-0.3, -0.25) is 0 Å². The Kier molecular flexibility index (Phi) is 4.66. The van der Waals surface area contributed by atoms with Gasteiger partial charge < -0.3 is 5.32 Å². The highest BCUT2D eigenvalue weighted by Crippen LogP contribution is 2.26. The highest BCUT2D eigenvalue weighted by molar-refractivity contribution is 7.05. The van der Waals surface area contributed by atoms with Crippen LogP contribution in [0.15, 0.2) is 18.2 Å². The molecule has 0 radical (unpaired) electrons. The number of hydrogen-bond donors (Lipinski definition) is 1. The van der Waals surface area contributed by atoms with E-state index in [-0.39, 0.29) is 0 Å². The summed E-state index contributed by atoms with van der Waals surface area (Å²) in [7, 11) is 2.01. The molecular weight excluding hydrogens is 254 g/mol. The lowest BCUT2D eigenvalue weighted by Gasteiger charge is -2.18. The fraction of sp³-hybridized carbons (Fsp3) is 0.467. The summed E-state index contributed by atoms with van der Waals surface area (Å²) in [6, 6.07) is 6.78. The lowest BCUT2D eigenvalue weighted by molar-refractivity contribution is 0.592. The second-order valence-electron chi connectivity index (χ2n) is 4.85. The molecule has 4 heteroatoms. The Labute approximate surface area is 119 Å². The summed E-state index contributed by atoms with van der Waals surface area (Å²) in [6.07, 6.45) is 1.93. The van der Waals surface area contributed by atoms with Gasteiger partial charge in [-0.05, 0) is 62.0 Å². The molecule has 0 aliphatic carbocycles. The van der Waals surface area contributed by atoms with Crippen LogP contribution in [0.3, 0.4) is 0 Å². The summed E-state index contributed by atoms with van der Waals surface area (Å²) in [5, 5.41) is 7.63. The average molecular weight is 275 g/mol. The predicted octanol–water partition coefficient (Wildman–Crippen LogP) is 3.22. The Morgan fingerprint density at radius 2 is 1.95 bits per heavy atom. The van der Waals surface area contributed by atoms with Crippen LogP contribution in [-0.4, -0.2) is 16.6 Å². The van der Waals surface area contributed by atoms with Crippen LogP contribution in [-0.2, 0) is 12.8 Å². The first-order chi connectivity index (χ1) is 9.17. The minimum absolute atomic E-state index is 0.301. The Balaban J connectivity index is 2.29. The number of likely N-dealkylation sites (N-methyl/N-ethyl adjacent to an activating group) is 1. The van der Waals surface area contributed by atoms with Crippen molar-refractivity contribution >= 4 is 11.5 Å². The highest BCUT2D eigenvalue weighted by atomic mass is 32.1. The summed E-state index contributed by atoms with van der Waals surface area (Å²) >= 11 is 1.51. The topological polar surface area (TPSA) is 37.8 Å². The molecule has 0 saturated heterocycles. The maximum Gasteiger partial charge on any atom is 0.0801 e. The number of nitrogens with one attached hydrogen (secondary N) is 1. The number of aromatic nitrogens is 2. The molecular formula is C15H21N3S. The van der Waals surface area contributed by atoms with Gasteiger partial charge >= 0.3 is 0 Å². The first kappa shape index (κ1) is 14.2. The van der Waals surface area contributed by atoms with Crippen molar-refractivity contribution in [1.82, 2.24) is 14.9 Å². The van der Waals surface area contributed by atoms with Crippen LogP contribution in [0.4, 0.5) is 0 Å². The third kappa shape index (κ3) is 3.01. The third-order valence-corrected chi connectivity index (χ3v) is 4.52. The molecule has 2 rings (SSSR count). The van der Waals surface area contributed by atoms with Crippen molar-refractivity contribution in [1.29, 1.82) is 0 Å². The molecule has 102 valence electrons. The Bertz CT molecular complexity index is 528. The number of rotatable bonds is 5. The van der Waals surface area contributed by atoms with Gasteiger partial charge in [0.25, 0.3) is 0 Å². The normalized spacial score (nSPS) is 12.6. The van der Waals surface area contributed by atoms with Crippen molar-refractivity contribution in [3.63, 3.8) is 0 Å². The van der Waals surface area contributed by atoms with Crippen molar-refractivity contribution < 1.29 is 0 Å². The van der Waals surface area contributed by atoms with E-state index in [9.17, 15) is 0 Å². The molecule has 1 N–H and O–H groups in total. The van der Waals surface area contributed by atoms with E-state index >= 15 is 0 Å². The van der Waals surface area contributed by atoms with Gasteiger partial charge in [-0.2, -0.15) is 0 Å². The van der Waals surface area contributed by atoms with E-state index in [1.807, 2.05) is 7.05 Å². The quantitative estimate of drug-likeness (QED) is 0.910. The van der Waals surface area contributed by atoms with Crippen LogP contribution < -0.4 is 5.32 Å². The van der Waals surface area contributed by atoms with E-state index < -0.39 is 0 Å². The molecule has 0 aliphatic heterocycles. The molecule has 2 aromatic rings. The van der Waals surface area contributed by atoms with Crippen LogP contribution in [0.2, 0.25) is 0 Å². The van der Waals surface area contributed by atoms with Gasteiger partial charge in [0, 0.05) is 6.04 Å². The molecule has 1 aromatic heterocycles. The van der Waals surface area contributed by atoms with Crippen molar-refractivity contribution in [3.8, 4) is 0 Å². The number of nitrogens with zero attached hydrogens (tertiary/aromatic N) is 2. The van der Waals surface area contributed by atoms with Gasteiger partial charge in [-0.25, -0.2) is 0 Å². The fourth-order valence-electron chi connectivity index (χ4n) is 2.43. The van der Waals surface area contributed by atoms with E-state index in [2.05, 4.69) is 53.9 Å². The smallest absolute Gasteiger partial charge is 0.0801 e. The summed E-state index contributed by atoms with van der Waals surface area (Å²) in [6.45, 7) is 6.49. The van der Waals surface area contributed by atoms with Crippen LogP contribution in [0.1, 0.15) is 40.2 Å². The van der Waals surface area contributed by atoms with Gasteiger partial charge in [-0.1, -0.05) is 29.6 Å². The minimum Gasteiger partial charge on any atom is -0.312 e. The standard InChI is InChI=1S/C15H21N3S/c1-5-13-15(19-18-17-13)14(16-4)9-12-10(2)7-6-8-11(12)3/h6-8,14,16H,5,9H2,1-4H3. The molecule has 0 amide bonds. The summed E-state index contributed by atoms with van der Waals surface area (Å²) in [4.78, 5) is 1.27. The van der Waals surface area contributed by atoms with Crippen molar-refractivity contribution in [2.75, 3.05) is 7.05 Å². The molecule has 0 saturated carbocycles. The maximum absolute atomic E-state index is 4.22. The number of hydrogen-bond acceptors (Lipinski definition) is 4. The van der Waals surface area contributed by atoms with Crippen molar-refractivity contribution in [3.05, 3.63) is 45.5 Å². The summed E-state index contributed by atoms with van der Waals surface area (Å²) in [5.74, 6) is 0. The lowest BCUT2D eigenvalue weighted by atomic mass is 9.95. The van der Waals surface area contributed by atoms with Gasteiger partial charge in [-0.15, -0.1) is 5.10 Å². The van der Waals surface area contributed by atoms with Gasteiger partial charge in [0.15, 0.2) is 0 Å². The van der Waals surface area contributed by atoms with Crippen molar-refractivity contribution in [2.45, 2.75) is 39.7 Å². The molecule has 0 bridgehead atoms. The van der Waals surface area contributed by atoms with Crippen molar-refractivity contribution in [2.24, 2.45) is 0 Å². The van der Waals surface area contributed by atoms with Crippen LogP contribution in [0, 0.1) is 13.8 Å². The zero-order valence-electron chi connectivity index (χ0n) is 12.0. The van der Waals surface area contributed by atoms with Crippen LogP contribution in [0.5, 0.6) is 0 Å². The molecule has 1 atom stereocenters. The molecule has 3 nitrogen and oxygen atoms in total. The summed E-state index contributed by atoms with van der Waals surface area (Å²) in [5.41, 5.74) is 5.26. The highest BCUT2D eigenvalue weighted by Gasteiger charge is 2.18. The maximum atomic E-state index is 4.22. The predicted molar refractivity (Wildman–Crippen MR) is 80.7 cm³/mol. The minimum atomic E-state index is 0.301. The largest absolute Gasteiger partial charge is 0.312 e. The van der Waals surface area contributed by atoms with E-state index in [0.717, 1.165) is 18.5 Å². The Morgan fingerprint density at radius 1 is 1.26 bits per heavy atom. The lowest BCUT2D eigenvalue weighted by Crippen LogP contribution is -2.20. The van der Waals surface area contributed by atoms with Gasteiger partial charge in [0.1, 0.15) is 0 Å². The zero-order valence-corrected chi connectivity index (χ0v) is 12.8. The summed E-state index contributed by atoms with van der Waals surface area (Å²) < 4.78 is 4.10. The first-order valence-corrected chi connectivity index (χ1v) is 7.48. The molecule has 0 fully saturated rings. The molecule has 0 aliphatic rings. The SMILES string of the molecule is CCc1nnsc1C(Cc1c(C)cccc1C)NC. The molecule has 0 spiro atoms. The second kappa shape index (κ2) is 6.26. The Morgan fingerprint density at radius 3 is 2.53 bits per heavy atom. The number of benzene rings is 1. The molecule has 1 unspecified atom stereocenters. The van der Waals surface area contributed by atoms with Crippen LogP contribution >= 0.6 is 11.5 Å². The number of aryl methyl sites for hydroxylation is 3. The molecule has 1 heterocycles. The van der Waals surface area contributed by atoms with Gasteiger partial charge in [0.2, 0.25) is 0 Å². The zero-order chi connectivity index (χ0) is 13.8. The second-order valence-corrected chi connectivity index (χ2v) is 5.64. The first-order valence-electron chi connectivity index (χ1n) is 6.70. The van der Waals surface area contributed by atoms with Gasteiger partial charge in [0.05, 0.1) is 10.6 Å². The van der Waals surface area contributed by atoms with E-state index in [0.29, 0.717) is 6.04 Å². The monoisotopic (exact) mass is 275 g/mol.